The van der Waals surface area contributed by atoms with Gasteiger partial charge in [-0.1, -0.05) is 48.0 Å². The van der Waals surface area contributed by atoms with Crippen LogP contribution in [0, 0.1) is 17.6 Å². The number of hydrogen-bond acceptors (Lipinski definition) is 4. The summed E-state index contributed by atoms with van der Waals surface area (Å²) in [6.45, 7) is 1.06. The second-order valence-electron chi connectivity index (χ2n) is 10.9. The Hall–Kier alpha value is -4.37. The number of carbonyl (C=O) groups excluding carboxylic acids is 3. The van der Waals surface area contributed by atoms with E-state index in [1.807, 2.05) is 6.08 Å². The lowest BCUT2D eigenvalue weighted by Gasteiger charge is -2.30. The quantitative estimate of drug-likeness (QED) is 0.360. The number of allylic oxidation sites excluding steroid dienone is 1. The van der Waals surface area contributed by atoms with E-state index in [0.717, 1.165) is 41.0 Å². The topological polar surface area (TPSA) is 82.1 Å². The van der Waals surface area contributed by atoms with E-state index in [1.165, 1.54) is 29.3 Å². The number of hydrazone groups is 1. The molecule has 0 spiro atoms. The monoisotopic (exact) mass is 588 g/mol. The van der Waals surface area contributed by atoms with Crippen LogP contribution in [0.3, 0.4) is 0 Å². The number of urea groups is 1. The second-order valence-corrected chi connectivity index (χ2v) is 11.3. The lowest BCUT2D eigenvalue weighted by molar-refractivity contribution is -0.140. The van der Waals surface area contributed by atoms with Gasteiger partial charge in [0.25, 0.3) is 11.8 Å². The zero-order chi connectivity index (χ0) is 29.6. The van der Waals surface area contributed by atoms with E-state index >= 15 is 0 Å². The molecule has 4 amide bonds. The van der Waals surface area contributed by atoms with Crippen LogP contribution >= 0.6 is 11.6 Å². The zero-order valence-electron chi connectivity index (χ0n) is 22.7. The Balaban J connectivity index is 1.32. The van der Waals surface area contributed by atoms with E-state index in [4.69, 9.17) is 16.7 Å². The standard InChI is InChI=1S/C32H27ClF2N4O3/c1-32(22-9-11-23(33)12-10-22)30(41)38(31(42)36-32)18-27(40)39-29(20-7-15-25(35)16-8-20)26-4-2-3-21(28(26)37-39)17-19-5-13-24(34)14-6-19/h5-17,26,29H,2-4,18H2,1H3,(H,36,42)/b21-17+/t26-,29-,32-/m0/s1. The molecule has 2 heterocycles. The van der Waals surface area contributed by atoms with Crippen molar-refractivity contribution in [2.75, 3.05) is 6.54 Å². The molecule has 0 unspecified atom stereocenters. The number of rotatable bonds is 5. The van der Waals surface area contributed by atoms with Crippen LogP contribution in [0.4, 0.5) is 13.6 Å². The number of fused-ring (bicyclic) bond motifs is 1. The molecule has 7 nitrogen and oxygen atoms in total. The van der Waals surface area contributed by atoms with Crippen LogP contribution < -0.4 is 5.32 Å². The fourth-order valence-electron chi connectivity index (χ4n) is 5.99. The van der Waals surface area contributed by atoms with Gasteiger partial charge in [-0.15, -0.1) is 0 Å². The molecule has 6 rings (SSSR count). The van der Waals surface area contributed by atoms with Crippen LogP contribution in [0.5, 0.6) is 0 Å². The summed E-state index contributed by atoms with van der Waals surface area (Å²) in [6.07, 6.45) is 4.23. The summed E-state index contributed by atoms with van der Waals surface area (Å²) in [5, 5.41) is 9.29. The van der Waals surface area contributed by atoms with Gasteiger partial charge in [-0.3, -0.25) is 14.5 Å². The second kappa shape index (κ2) is 10.8. The molecule has 1 saturated heterocycles. The normalized spacial score (nSPS) is 24.6. The van der Waals surface area contributed by atoms with Gasteiger partial charge in [0, 0.05) is 10.9 Å². The van der Waals surface area contributed by atoms with Gasteiger partial charge in [-0.2, -0.15) is 5.10 Å². The summed E-state index contributed by atoms with van der Waals surface area (Å²) in [7, 11) is 0. The minimum atomic E-state index is -1.37. The summed E-state index contributed by atoms with van der Waals surface area (Å²) in [5.74, 6) is -2.03. The van der Waals surface area contributed by atoms with Crippen LogP contribution in [0.15, 0.2) is 83.5 Å². The molecule has 42 heavy (non-hydrogen) atoms. The molecule has 3 aromatic carbocycles. The third-order valence-corrected chi connectivity index (χ3v) is 8.42. The highest BCUT2D eigenvalue weighted by Crippen LogP contribution is 2.44. The first-order valence-corrected chi connectivity index (χ1v) is 14.0. The maximum absolute atomic E-state index is 13.9. The van der Waals surface area contributed by atoms with Gasteiger partial charge in [0.1, 0.15) is 23.7 Å². The van der Waals surface area contributed by atoms with Crippen molar-refractivity contribution < 1.29 is 23.2 Å². The Morgan fingerprint density at radius 1 is 1.02 bits per heavy atom. The third kappa shape index (κ3) is 4.98. The maximum Gasteiger partial charge on any atom is 0.325 e. The molecule has 3 aliphatic rings. The van der Waals surface area contributed by atoms with E-state index in [2.05, 4.69) is 5.32 Å². The predicted molar refractivity (Wildman–Crippen MR) is 154 cm³/mol. The molecule has 3 atom stereocenters. The molecule has 3 aromatic rings. The van der Waals surface area contributed by atoms with E-state index in [0.29, 0.717) is 16.1 Å². The molecule has 1 aliphatic carbocycles. The molecule has 0 radical (unpaired) electrons. The number of benzene rings is 3. The van der Waals surface area contributed by atoms with Crippen molar-refractivity contribution in [2.24, 2.45) is 11.0 Å². The predicted octanol–water partition coefficient (Wildman–Crippen LogP) is 6.21. The molecule has 2 aliphatic heterocycles. The van der Waals surface area contributed by atoms with Crippen molar-refractivity contribution in [2.45, 2.75) is 37.8 Å². The van der Waals surface area contributed by atoms with Crippen LogP contribution in [-0.2, 0) is 15.1 Å². The largest absolute Gasteiger partial charge is 0.325 e. The highest BCUT2D eigenvalue weighted by Gasteiger charge is 2.51. The first-order valence-electron chi connectivity index (χ1n) is 13.7. The Kier molecular flexibility index (Phi) is 7.14. The number of carbonyl (C=O) groups is 3. The minimum absolute atomic E-state index is 0.178. The van der Waals surface area contributed by atoms with Gasteiger partial charge in [-0.05, 0) is 90.9 Å². The van der Waals surface area contributed by atoms with E-state index in [-0.39, 0.29) is 11.7 Å². The van der Waals surface area contributed by atoms with Crippen molar-refractivity contribution in [1.82, 2.24) is 15.2 Å². The number of hydrogen-bond donors (Lipinski definition) is 1. The van der Waals surface area contributed by atoms with Crippen molar-refractivity contribution in [3.8, 4) is 0 Å². The summed E-state index contributed by atoms with van der Waals surface area (Å²) < 4.78 is 27.3. The Morgan fingerprint density at radius 2 is 1.67 bits per heavy atom. The molecule has 10 heteroatoms. The van der Waals surface area contributed by atoms with Gasteiger partial charge >= 0.3 is 6.03 Å². The molecule has 214 valence electrons. The number of imide groups is 1. The summed E-state index contributed by atoms with van der Waals surface area (Å²) in [4.78, 5) is 41.3. The van der Waals surface area contributed by atoms with Gasteiger partial charge in [0.2, 0.25) is 0 Å². The van der Waals surface area contributed by atoms with Crippen LogP contribution in [-0.4, -0.2) is 40.0 Å². The number of halogens is 3. The van der Waals surface area contributed by atoms with Crippen LogP contribution in [0.25, 0.3) is 6.08 Å². The van der Waals surface area contributed by atoms with Crippen molar-refractivity contribution in [3.63, 3.8) is 0 Å². The lowest BCUT2D eigenvalue weighted by Crippen LogP contribution is -2.44. The lowest BCUT2D eigenvalue weighted by atomic mass is 9.77. The third-order valence-electron chi connectivity index (χ3n) is 8.17. The zero-order valence-corrected chi connectivity index (χ0v) is 23.4. The fraction of sp³-hybridized carbons (Fsp3) is 0.250. The SMILES string of the molecule is C[C@@]1(c2ccc(Cl)cc2)NC(=O)N(CC(=O)N2N=C3/C(=C/c4ccc(F)cc4)CCC[C@@H]3[C@@H]2c2ccc(F)cc2)C1=O. The molecule has 1 N–H and O–H groups in total. The first-order chi connectivity index (χ1) is 20.1. The smallest absolute Gasteiger partial charge is 0.319 e. The Bertz CT molecular complexity index is 1620. The minimum Gasteiger partial charge on any atom is -0.319 e. The molecule has 2 fully saturated rings. The van der Waals surface area contributed by atoms with Gasteiger partial charge in [0.15, 0.2) is 0 Å². The number of nitrogens with zero attached hydrogens (tertiary/aromatic N) is 3. The maximum atomic E-state index is 13.9. The van der Waals surface area contributed by atoms with Crippen molar-refractivity contribution in [3.05, 3.63) is 112 Å². The highest BCUT2D eigenvalue weighted by molar-refractivity contribution is 6.30. The van der Waals surface area contributed by atoms with Crippen LogP contribution in [0.1, 0.15) is 48.9 Å². The van der Waals surface area contributed by atoms with Crippen LogP contribution in [0.2, 0.25) is 5.02 Å². The highest BCUT2D eigenvalue weighted by atomic mass is 35.5. The average Bonchev–Trinajstić information content (AvgIpc) is 3.47. The molecule has 1 saturated carbocycles. The van der Waals surface area contributed by atoms with Gasteiger partial charge in [-0.25, -0.2) is 18.6 Å². The van der Waals surface area contributed by atoms with Crippen molar-refractivity contribution >= 4 is 41.2 Å². The average molecular weight is 589 g/mol. The molecular weight excluding hydrogens is 562 g/mol. The molecule has 0 aromatic heterocycles. The van der Waals surface area contributed by atoms with Crippen molar-refractivity contribution in [1.29, 1.82) is 0 Å². The summed E-state index contributed by atoms with van der Waals surface area (Å²) >= 11 is 6.00. The summed E-state index contributed by atoms with van der Waals surface area (Å²) in [6, 6.07) is 17.4. The van der Waals surface area contributed by atoms with Gasteiger partial charge < -0.3 is 5.32 Å². The Labute approximate surface area is 246 Å². The summed E-state index contributed by atoms with van der Waals surface area (Å²) in [5.41, 5.74) is 2.31. The fourth-order valence-corrected chi connectivity index (χ4v) is 6.11. The number of nitrogens with one attached hydrogen (secondary N) is 1. The first kappa shape index (κ1) is 27.8. The molecular formula is C32H27ClF2N4O3. The van der Waals surface area contributed by atoms with E-state index < -0.39 is 41.8 Å². The van der Waals surface area contributed by atoms with E-state index in [9.17, 15) is 23.2 Å². The number of amides is 4. The van der Waals surface area contributed by atoms with Gasteiger partial charge in [0.05, 0.1) is 11.8 Å². The van der Waals surface area contributed by atoms with E-state index in [1.54, 1.807) is 55.5 Å². The Morgan fingerprint density at radius 3 is 2.33 bits per heavy atom. The molecule has 0 bridgehead atoms.